The summed E-state index contributed by atoms with van der Waals surface area (Å²) in [5.41, 5.74) is 1.37. The van der Waals surface area contributed by atoms with Crippen molar-refractivity contribution in [2.75, 3.05) is 11.9 Å². The number of hydrogen-bond donors (Lipinski definition) is 2. The number of carboxylic acids is 1. The smallest absolute Gasteiger partial charge is 0.356 e. The maximum atomic E-state index is 10.9. The van der Waals surface area contributed by atoms with E-state index in [2.05, 4.69) is 16.4 Å². The van der Waals surface area contributed by atoms with Crippen LogP contribution in [0.5, 0.6) is 0 Å². The number of halogens is 1. The van der Waals surface area contributed by atoms with Crippen LogP contribution in [0.25, 0.3) is 0 Å². The molecule has 2 rings (SSSR count). The highest BCUT2D eigenvalue weighted by molar-refractivity contribution is 6.33. The van der Waals surface area contributed by atoms with E-state index in [1.165, 1.54) is 31.3 Å². The van der Waals surface area contributed by atoms with Gasteiger partial charge in [0.1, 0.15) is 5.82 Å². The first kappa shape index (κ1) is 13.9. The van der Waals surface area contributed by atoms with Gasteiger partial charge in [0, 0.05) is 6.54 Å². The van der Waals surface area contributed by atoms with E-state index in [0.29, 0.717) is 5.82 Å². The Kier molecular flexibility index (Phi) is 4.80. The third kappa shape index (κ3) is 3.96. The van der Waals surface area contributed by atoms with Gasteiger partial charge in [0.15, 0.2) is 5.69 Å². The summed E-state index contributed by atoms with van der Waals surface area (Å²) < 4.78 is 0. The molecule has 0 aliphatic heterocycles. The van der Waals surface area contributed by atoms with Gasteiger partial charge in [-0.25, -0.2) is 9.78 Å². The third-order valence-electron chi connectivity index (χ3n) is 3.19. The first-order valence-electron chi connectivity index (χ1n) is 6.48. The molecule has 0 saturated carbocycles. The minimum atomic E-state index is -1.11. The minimum Gasteiger partial charge on any atom is -0.476 e. The van der Waals surface area contributed by atoms with Crippen LogP contribution in [0.2, 0.25) is 5.02 Å². The Morgan fingerprint density at radius 1 is 1.42 bits per heavy atom. The Labute approximate surface area is 117 Å². The Balaban J connectivity index is 1.90. The van der Waals surface area contributed by atoms with Gasteiger partial charge in [-0.3, -0.25) is 0 Å². The molecule has 0 bridgehead atoms. The summed E-state index contributed by atoms with van der Waals surface area (Å²) in [4.78, 5) is 14.9. The van der Waals surface area contributed by atoms with Crippen LogP contribution >= 0.6 is 11.6 Å². The Bertz CT molecular complexity index is 500. The van der Waals surface area contributed by atoms with Crippen molar-refractivity contribution in [2.45, 2.75) is 32.1 Å². The van der Waals surface area contributed by atoms with Crippen LogP contribution in [0.1, 0.15) is 42.6 Å². The van der Waals surface area contributed by atoms with Crippen LogP contribution in [0.4, 0.5) is 5.82 Å². The van der Waals surface area contributed by atoms with Crippen LogP contribution in [-0.2, 0) is 0 Å². The van der Waals surface area contributed by atoms with Crippen molar-refractivity contribution in [1.82, 2.24) is 4.98 Å². The van der Waals surface area contributed by atoms with E-state index in [1.807, 2.05) is 0 Å². The molecule has 0 fully saturated rings. The van der Waals surface area contributed by atoms with Crippen molar-refractivity contribution >= 4 is 23.4 Å². The third-order valence-corrected chi connectivity index (χ3v) is 3.49. The molecule has 0 atom stereocenters. The quantitative estimate of drug-likeness (QED) is 0.807. The zero-order valence-electron chi connectivity index (χ0n) is 10.7. The summed E-state index contributed by atoms with van der Waals surface area (Å²) in [5.74, 6) is -0.554. The lowest BCUT2D eigenvalue weighted by Gasteiger charge is -2.13. The number of pyridine rings is 1. The number of aromatic nitrogens is 1. The SMILES string of the molecule is O=C(O)c1nc(NCCC2=CCCCC2)ccc1Cl. The molecule has 0 amide bonds. The van der Waals surface area contributed by atoms with Gasteiger partial charge in [-0.05, 0) is 44.2 Å². The van der Waals surface area contributed by atoms with Gasteiger partial charge in [0.05, 0.1) is 5.02 Å². The fourth-order valence-electron chi connectivity index (χ4n) is 2.17. The second-order valence-corrected chi connectivity index (χ2v) is 5.02. The van der Waals surface area contributed by atoms with E-state index in [1.54, 1.807) is 12.1 Å². The lowest BCUT2D eigenvalue weighted by atomic mass is 9.97. The van der Waals surface area contributed by atoms with Gasteiger partial charge in [-0.15, -0.1) is 0 Å². The molecular weight excluding hydrogens is 264 g/mol. The Morgan fingerprint density at radius 2 is 2.26 bits per heavy atom. The summed E-state index contributed by atoms with van der Waals surface area (Å²) in [6, 6.07) is 3.25. The molecule has 2 N–H and O–H groups in total. The van der Waals surface area contributed by atoms with Crippen molar-refractivity contribution < 1.29 is 9.90 Å². The first-order chi connectivity index (χ1) is 9.16. The molecule has 5 heteroatoms. The average Bonchev–Trinajstić information content (AvgIpc) is 2.41. The second kappa shape index (κ2) is 6.57. The first-order valence-corrected chi connectivity index (χ1v) is 6.86. The number of nitrogens with zero attached hydrogens (tertiary/aromatic N) is 1. The molecular formula is C14H17ClN2O2. The Hall–Kier alpha value is -1.55. The molecule has 102 valence electrons. The van der Waals surface area contributed by atoms with Crippen molar-refractivity contribution in [1.29, 1.82) is 0 Å². The molecule has 0 saturated heterocycles. The number of carboxylic acid groups (broad SMARTS) is 1. The highest BCUT2D eigenvalue weighted by Crippen LogP contribution is 2.20. The van der Waals surface area contributed by atoms with Crippen molar-refractivity contribution in [2.24, 2.45) is 0 Å². The number of rotatable bonds is 5. The fourth-order valence-corrected chi connectivity index (χ4v) is 2.36. The average molecular weight is 281 g/mol. The highest BCUT2D eigenvalue weighted by Gasteiger charge is 2.11. The number of hydrogen-bond acceptors (Lipinski definition) is 3. The topological polar surface area (TPSA) is 62.2 Å². The number of allylic oxidation sites excluding steroid dienone is 1. The number of anilines is 1. The fraction of sp³-hybridized carbons (Fsp3) is 0.429. The summed E-state index contributed by atoms with van der Waals surface area (Å²) in [6.07, 6.45) is 8.20. The zero-order chi connectivity index (χ0) is 13.7. The molecule has 0 unspecified atom stereocenters. The highest BCUT2D eigenvalue weighted by atomic mass is 35.5. The Morgan fingerprint density at radius 3 is 2.95 bits per heavy atom. The van der Waals surface area contributed by atoms with Gasteiger partial charge in [0.25, 0.3) is 0 Å². The predicted octanol–water partition coefficient (Wildman–Crippen LogP) is 3.74. The lowest BCUT2D eigenvalue weighted by Crippen LogP contribution is -2.08. The van der Waals surface area contributed by atoms with Crippen LogP contribution in [0.15, 0.2) is 23.8 Å². The summed E-state index contributed by atoms with van der Waals surface area (Å²) in [7, 11) is 0. The molecule has 19 heavy (non-hydrogen) atoms. The van der Waals surface area contributed by atoms with Crippen molar-refractivity contribution in [3.8, 4) is 0 Å². The van der Waals surface area contributed by atoms with Crippen LogP contribution in [-0.4, -0.2) is 22.6 Å². The van der Waals surface area contributed by atoms with Gasteiger partial charge in [-0.2, -0.15) is 0 Å². The summed E-state index contributed by atoms with van der Waals surface area (Å²) in [5, 5.41) is 12.2. The van der Waals surface area contributed by atoms with E-state index in [4.69, 9.17) is 16.7 Å². The van der Waals surface area contributed by atoms with Crippen LogP contribution in [0.3, 0.4) is 0 Å². The molecule has 1 aromatic heterocycles. The van der Waals surface area contributed by atoms with Crippen molar-refractivity contribution in [3.05, 3.63) is 34.5 Å². The molecule has 4 nitrogen and oxygen atoms in total. The standard InChI is InChI=1S/C14H17ClN2O2/c15-11-6-7-12(17-13(11)14(18)19)16-9-8-10-4-2-1-3-5-10/h4,6-7H,1-3,5,8-9H2,(H,16,17)(H,18,19). The van der Waals surface area contributed by atoms with Crippen LogP contribution in [0, 0.1) is 0 Å². The van der Waals surface area contributed by atoms with E-state index >= 15 is 0 Å². The maximum Gasteiger partial charge on any atom is 0.356 e. The van der Waals surface area contributed by atoms with Crippen molar-refractivity contribution in [3.63, 3.8) is 0 Å². The minimum absolute atomic E-state index is 0.108. The molecule has 1 aromatic rings. The molecule has 1 aliphatic carbocycles. The van der Waals surface area contributed by atoms with E-state index in [9.17, 15) is 4.79 Å². The summed E-state index contributed by atoms with van der Waals surface area (Å²) >= 11 is 5.77. The number of nitrogens with one attached hydrogen (secondary N) is 1. The monoisotopic (exact) mass is 280 g/mol. The molecule has 0 aromatic carbocycles. The van der Waals surface area contributed by atoms with Gasteiger partial charge >= 0.3 is 5.97 Å². The maximum absolute atomic E-state index is 10.9. The van der Waals surface area contributed by atoms with E-state index in [0.717, 1.165) is 13.0 Å². The van der Waals surface area contributed by atoms with Gasteiger partial charge in [0.2, 0.25) is 0 Å². The van der Waals surface area contributed by atoms with Crippen LogP contribution < -0.4 is 5.32 Å². The molecule has 0 radical (unpaired) electrons. The zero-order valence-corrected chi connectivity index (χ0v) is 11.4. The summed E-state index contributed by atoms with van der Waals surface area (Å²) in [6.45, 7) is 0.763. The van der Waals surface area contributed by atoms with E-state index < -0.39 is 5.97 Å². The normalized spacial score (nSPS) is 14.9. The predicted molar refractivity (Wildman–Crippen MR) is 75.9 cm³/mol. The molecule has 1 aliphatic rings. The molecule has 0 spiro atoms. The number of carbonyl (C=O) groups is 1. The van der Waals surface area contributed by atoms with Gasteiger partial charge < -0.3 is 10.4 Å². The second-order valence-electron chi connectivity index (χ2n) is 4.62. The molecule has 1 heterocycles. The largest absolute Gasteiger partial charge is 0.476 e. The lowest BCUT2D eigenvalue weighted by molar-refractivity contribution is 0.0691. The van der Waals surface area contributed by atoms with Gasteiger partial charge in [-0.1, -0.05) is 23.3 Å². The number of aromatic carboxylic acids is 1. The van der Waals surface area contributed by atoms with E-state index in [-0.39, 0.29) is 10.7 Å².